The Hall–Kier alpha value is -2.17. The van der Waals surface area contributed by atoms with Crippen molar-refractivity contribution in [2.75, 3.05) is 32.9 Å². The van der Waals surface area contributed by atoms with E-state index < -0.39 is 0 Å². The fraction of sp³-hybridized carbons (Fsp3) is 0.458. The maximum atomic E-state index is 12.7. The lowest BCUT2D eigenvalue weighted by Gasteiger charge is -2.53. The van der Waals surface area contributed by atoms with E-state index >= 15 is 0 Å². The van der Waals surface area contributed by atoms with Crippen molar-refractivity contribution >= 4 is 5.97 Å². The number of ether oxygens (including phenoxy) is 2. The van der Waals surface area contributed by atoms with Gasteiger partial charge in [-0.25, -0.2) is 0 Å². The van der Waals surface area contributed by atoms with Gasteiger partial charge in [-0.3, -0.25) is 9.69 Å². The standard InChI is InChI=1S/C24H29NO3/c1-3-28-23(26)21-13-14-25(15-22(21)19-7-5-4-6-8-19)24(16-27-17-24)20-11-9-18(2)10-12-20/h4-12,21-22H,3,13-17H2,1-2H3/t21-,22+/m1/s1. The highest BCUT2D eigenvalue weighted by atomic mass is 16.5. The van der Waals surface area contributed by atoms with Gasteiger partial charge in [0.2, 0.25) is 0 Å². The van der Waals surface area contributed by atoms with E-state index in [1.165, 1.54) is 16.7 Å². The summed E-state index contributed by atoms with van der Waals surface area (Å²) in [5.74, 6) is -0.0168. The average Bonchev–Trinajstić information content (AvgIpc) is 2.69. The molecule has 0 saturated carbocycles. The van der Waals surface area contributed by atoms with E-state index in [4.69, 9.17) is 9.47 Å². The highest BCUT2D eigenvalue weighted by Gasteiger charge is 2.49. The van der Waals surface area contributed by atoms with Gasteiger partial charge in [-0.05, 0) is 31.4 Å². The Morgan fingerprint density at radius 3 is 2.46 bits per heavy atom. The molecule has 4 nitrogen and oxygen atoms in total. The topological polar surface area (TPSA) is 38.8 Å². The van der Waals surface area contributed by atoms with Gasteiger partial charge in [0.05, 0.1) is 31.3 Å². The Labute approximate surface area is 167 Å². The molecule has 0 amide bonds. The molecule has 2 aliphatic heterocycles. The zero-order chi connectivity index (χ0) is 19.6. The summed E-state index contributed by atoms with van der Waals surface area (Å²) in [5, 5.41) is 0. The number of carbonyl (C=O) groups is 1. The predicted molar refractivity (Wildman–Crippen MR) is 109 cm³/mol. The third-order valence-corrected chi connectivity index (χ3v) is 6.31. The number of nitrogens with zero attached hydrogens (tertiary/aromatic N) is 1. The molecule has 0 radical (unpaired) electrons. The number of hydrogen-bond donors (Lipinski definition) is 0. The monoisotopic (exact) mass is 379 g/mol. The second-order valence-electron chi connectivity index (χ2n) is 8.00. The minimum Gasteiger partial charge on any atom is -0.466 e. The summed E-state index contributed by atoms with van der Waals surface area (Å²) in [6.07, 6.45) is 0.812. The maximum absolute atomic E-state index is 12.7. The first kappa shape index (κ1) is 19.2. The molecule has 2 atom stereocenters. The lowest BCUT2D eigenvalue weighted by molar-refractivity contribution is -0.166. The number of aryl methyl sites for hydroxylation is 1. The SMILES string of the molecule is CCOC(=O)[C@@H]1CCN(C2(c3ccc(C)cc3)COC2)C[C@H]1c1ccccc1. The molecular formula is C24H29NO3. The highest BCUT2D eigenvalue weighted by Crippen LogP contribution is 2.42. The van der Waals surface area contributed by atoms with Crippen molar-refractivity contribution in [1.29, 1.82) is 0 Å². The zero-order valence-electron chi connectivity index (χ0n) is 16.8. The molecule has 2 heterocycles. The Kier molecular flexibility index (Phi) is 5.51. The molecule has 2 aromatic rings. The Morgan fingerprint density at radius 2 is 1.86 bits per heavy atom. The second kappa shape index (κ2) is 8.06. The van der Waals surface area contributed by atoms with Crippen molar-refractivity contribution in [3.8, 4) is 0 Å². The van der Waals surface area contributed by atoms with Gasteiger partial charge in [0, 0.05) is 19.0 Å². The molecule has 4 rings (SSSR count). The molecule has 0 bridgehead atoms. The maximum Gasteiger partial charge on any atom is 0.309 e. The third kappa shape index (κ3) is 3.47. The molecule has 2 aliphatic rings. The molecule has 2 fully saturated rings. The summed E-state index contributed by atoms with van der Waals surface area (Å²) in [6, 6.07) is 19.2. The number of benzene rings is 2. The van der Waals surface area contributed by atoms with Gasteiger partial charge in [0.25, 0.3) is 0 Å². The Morgan fingerprint density at radius 1 is 1.14 bits per heavy atom. The first-order valence-electron chi connectivity index (χ1n) is 10.3. The van der Waals surface area contributed by atoms with Crippen LogP contribution >= 0.6 is 0 Å². The summed E-state index contributed by atoms with van der Waals surface area (Å²) in [7, 11) is 0. The quantitative estimate of drug-likeness (QED) is 0.739. The van der Waals surface area contributed by atoms with Crippen LogP contribution in [0.15, 0.2) is 54.6 Å². The van der Waals surface area contributed by atoms with Crippen molar-refractivity contribution in [2.45, 2.75) is 31.7 Å². The van der Waals surface area contributed by atoms with E-state index in [0.29, 0.717) is 19.8 Å². The summed E-state index contributed by atoms with van der Waals surface area (Å²) in [4.78, 5) is 15.2. The van der Waals surface area contributed by atoms with E-state index in [9.17, 15) is 4.79 Å². The van der Waals surface area contributed by atoms with Crippen molar-refractivity contribution in [2.24, 2.45) is 5.92 Å². The summed E-state index contributed by atoms with van der Waals surface area (Å²) >= 11 is 0. The van der Waals surface area contributed by atoms with E-state index in [1.54, 1.807) is 0 Å². The van der Waals surface area contributed by atoms with Crippen LogP contribution in [-0.2, 0) is 19.8 Å². The molecule has 0 spiro atoms. The van der Waals surface area contributed by atoms with Gasteiger partial charge in [0.15, 0.2) is 0 Å². The number of carbonyl (C=O) groups excluding carboxylic acids is 1. The summed E-state index contributed by atoms with van der Waals surface area (Å²) < 4.78 is 11.1. The first-order chi connectivity index (χ1) is 13.6. The van der Waals surface area contributed by atoms with Crippen LogP contribution in [0, 0.1) is 12.8 Å². The lowest BCUT2D eigenvalue weighted by atomic mass is 9.76. The van der Waals surface area contributed by atoms with Crippen LogP contribution in [0.25, 0.3) is 0 Å². The molecule has 2 aromatic carbocycles. The van der Waals surface area contributed by atoms with Gasteiger partial charge >= 0.3 is 5.97 Å². The molecule has 2 saturated heterocycles. The first-order valence-corrected chi connectivity index (χ1v) is 10.3. The lowest BCUT2D eigenvalue weighted by Crippen LogP contribution is -2.62. The molecule has 0 N–H and O–H groups in total. The van der Waals surface area contributed by atoms with Crippen molar-refractivity contribution in [1.82, 2.24) is 4.90 Å². The Balaban J connectivity index is 1.63. The van der Waals surface area contributed by atoms with E-state index in [1.807, 2.05) is 13.0 Å². The van der Waals surface area contributed by atoms with Crippen LogP contribution in [-0.4, -0.2) is 43.8 Å². The van der Waals surface area contributed by atoms with Gasteiger partial charge in [-0.1, -0.05) is 60.2 Å². The average molecular weight is 380 g/mol. The predicted octanol–water partition coefficient (Wildman–Crippen LogP) is 3.89. The largest absolute Gasteiger partial charge is 0.466 e. The number of piperidine rings is 1. The van der Waals surface area contributed by atoms with Crippen molar-refractivity contribution < 1.29 is 14.3 Å². The number of rotatable bonds is 5. The van der Waals surface area contributed by atoms with Crippen LogP contribution in [0.3, 0.4) is 0 Å². The van der Waals surface area contributed by atoms with Gasteiger partial charge in [-0.2, -0.15) is 0 Å². The van der Waals surface area contributed by atoms with Crippen LogP contribution in [0.5, 0.6) is 0 Å². The zero-order valence-corrected chi connectivity index (χ0v) is 16.8. The van der Waals surface area contributed by atoms with Crippen LogP contribution < -0.4 is 0 Å². The third-order valence-electron chi connectivity index (χ3n) is 6.31. The van der Waals surface area contributed by atoms with E-state index in [2.05, 4.69) is 60.4 Å². The molecule has 0 aliphatic carbocycles. The number of likely N-dealkylation sites (tertiary alicyclic amines) is 1. The van der Waals surface area contributed by atoms with Crippen LogP contribution in [0.1, 0.15) is 36.0 Å². The fourth-order valence-electron chi connectivity index (χ4n) is 4.60. The molecule has 4 heteroatoms. The molecule has 148 valence electrons. The smallest absolute Gasteiger partial charge is 0.309 e. The van der Waals surface area contributed by atoms with Crippen molar-refractivity contribution in [3.63, 3.8) is 0 Å². The van der Waals surface area contributed by atoms with Gasteiger partial charge < -0.3 is 9.47 Å². The van der Waals surface area contributed by atoms with E-state index in [-0.39, 0.29) is 23.3 Å². The Bertz CT molecular complexity index is 798. The normalized spacial score (nSPS) is 24.4. The fourth-order valence-corrected chi connectivity index (χ4v) is 4.60. The second-order valence-corrected chi connectivity index (χ2v) is 8.00. The van der Waals surface area contributed by atoms with Crippen LogP contribution in [0.4, 0.5) is 0 Å². The molecule has 0 unspecified atom stereocenters. The molecular weight excluding hydrogens is 350 g/mol. The molecule has 0 aromatic heterocycles. The molecule has 28 heavy (non-hydrogen) atoms. The summed E-state index contributed by atoms with van der Waals surface area (Å²) in [6.45, 7) is 7.56. The minimum atomic E-state index is -0.0883. The van der Waals surface area contributed by atoms with Gasteiger partial charge in [-0.15, -0.1) is 0 Å². The van der Waals surface area contributed by atoms with Crippen molar-refractivity contribution in [3.05, 3.63) is 71.3 Å². The number of esters is 1. The van der Waals surface area contributed by atoms with E-state index in [0.717, 1.165) is 19.5 Å². The number of hydrogen-bond acceptors (Lipinski definition) is 4. The van der Waals surface area contributed by atoms with Crippen LogP contribution in [0.2, 0.25) is 0 Å². The van der Waals surface area contributed by atoms with Gasteiger partial charge in [0.1, 0.15) is 0 Å². The minimum absolute atomic E-state index is 0.0646. The summed E-state index contributed by atoms with van der Waals surface area (Å²) in [5.41, 5.74) is 3.71. The highest BCUT2D eigenvalue weighted by molar-refractivity contribution is 5.74.